The van der Waals surface area contributed by atoms with E-state index in [-0.39, 0.29) is 5.78 Å². The molecule has 0 aliphatic heterocycles. The lowest BCUT2D eigenvalue weighted by atomic mass is 10.0. The largest absolute Gasteiger partial charge is 0.294 e. The molecule has 0 fully saturated rings. The fraction of sp³-hybridized carbons (Fsp3) is 0.154. The highest BCUT2D eigenvalue weighted by molar-refractivity contribution is 6.34. The van der Waals surface area contributed by atoms with Gasteiger partial charge in [0.15, 0.2) is 5.78 Å². The lowest BCUT2D eigenvalue weighted by Gasteiger charge is -2.03. The highest BCUT2D eigenvalue weighted by Crippen LogP contribution is 2.21. The molecule has 0 saturated carbocycles. The van der Waals surface area contributed by atoms with E-state index < -0.39 is 0 Å². The van der Waals surface area contributed by atoms with E-state index in [1.807, 2.05) is 24.3 Å². The van der Waals surface area contributed by atoms with Crippen molar-refractivity contribution in [2.75, 3.05) is 0 Å². The third-order valence-corrected chi connectivity index (χ3v) is 2.74. The maximum absolute atomic E-state index is 11.9. The maximum atomic E-state index is 11.9. The molecule has 0 unspecified atom stereocenters. The first kappa shape index (κ1) is 10.2. The summed E-state index contributed by atoms with van der Waals surface area (Å²) < 4.78 is 0. The topological polar surface area (TPSA) is 17.1 Å². The van der Waals surface area contributed by atoms with E-state index in [1.165, 1.54) is 0 Å². The van der Waals surface area contributed by atoms with Crippen molar-refractivity contribution in [2.24, 2.45) is 0 Å². The highest BCUT2D eigenvalue weighted by Gasteiger charge is 2.12. The molecule has 0 aromatic heterocycles. The average Bonchev–Trinajstić information content (AvgIpc) is 2.71. The van der Waals surface area contributed by atoms with Crippen LogP contribution in [-0.2, 0) is 0 Å². The smallest absolute Gasteiger partial charge is 0.168 e. The van der Waals surface area contributed by atoms with Gasteiger partial charge in [-0.15, -0.1) is 0 Å². The number of rotatable bonds is 3. The summed E-state index contributed by atoms with van der Waals surface area (Å²) in [7, 11) is 0. The molecule has 76 valence electrons. The zero-order valence-electron chi connectivity index (χ0n) is 8.24. The number of carbonyl (C=O) groups excluding carboxylic acids is 1. The van der Waals surface area contributed by atoms with Crippen molar-refractivity contribution < 1.29 is 4.79 Å². The Bertz CT molecular complexity index is 444. The summed E-state index contributed by atoms with van der Waals surface area (Å²) >= 11 is 5.95. The number of Topliss-reactive ketones (excluding diaryl/α,β-unsaturated/α-hetero) is 1. The maximum Gasteiger partial charge on any atom is 0.168 e. The van der Waals surface area contributed by atoms with E-state index >= 15 is 0 Å². The molecule has 0 bridgehead atoms. The Balaban J connectivity index is 2.11. The Morgan fingerprint density at radius 3 is 2.80 bits per heavy atom. The van der Waals surface area contributed by atoms with Crippen molar-refractivity contribution in [3.63, 3.8) is 0 Å². The molecule has 1 aromatic rings. The normalized spacial score (nSPS) is 14.1. The van der Waals surface area contributed by atoms with Crippen LogP contribution in [0.5, 0.6) is 0 Å². The van der Waals surface area contributed by atoms with Crippen molar-refractivity contribution in [1.29, 1.82) is 0 Å². The van der Waals surface area contributed by atoms with Gasteiger partial charge in [-0.2, -0.15) is 0 Å². The molecule has 0 amide bonds. The van der Waals surface area contributed by atoms with Crippen LogP contribution in [0.1, 0.15) is 23.2 Å². The number of ketones is 1. The minimum atomic E-state index is 0.0931. The predicted molar refractivity (Wildman–Crippen MR) is 62.2 cm³/mol. The molecule has 2 rings (SSSR count). The molecule has 2 heteroatoms. The molecular formula is C13H11ClO. The van der Waals surface area contributed by atoms with Crippen molar-refractivity contribution >= 4 is 17.4 Å². The molecule has 0 spiro atoms. The van der Waals surface area contributed by atoms with Crippen LogP contribution in [0.2, 0.25) is 5.02 Å². The molecule has 0 atom stereocenters. The second-order valence-corrected chi connectivity index (χ2v) is 3.94. The Hall–Kier alpha value is -1.34. The number of halogens is 1. The van der Waals surface area contributed by atoms with E-state index in [4.69, 9.17) is 11.6 Å². The number of benzene rings is 1. The Morgan fingerprint density at radius 2 is 2.13 bits per heavy atom. The minimum Gasteiger partial charge on any atom is -0.294 e. The molecule has 15 heavy (non-hydrogen) atoms. The third kappa shape index (κ3) is 2.37. The van der Waals surface area contributed by atoms with Gasteiger partial charge in [0.1, 0.15) is 0 Å². The summed E-state index contributed by atoms with van der Waals surface area (Å²) in [5, 5.41) is 0.536. The van der Waals surface area contributed by atoms with Crippen LogP contribution in [0.25, 0.3) is 0 Å². The number of hydrogen-bond donors (Lipinski definition) is 0. The molecule has 0 heterocycles. The second kappa shape index (κ2) is 4.45. The van der Waals surface area contributed by atoms with Gasteiger partial charge in [0.05, 0.1) is 5.02 Å². The van der Waals surface area contributed by atoms with Gasteiger partial charge in [-0.25, -0.2) is 0 Å². The van der Waals surface area contributed by atoms with Gasteiger partial charge in [-0.3, -0.25) is 4.79 Å². The molecule has 1 aliphatic rings. The van der Waals surface area contributed by atoms with Crippen LogP contribution < -0.4 is 0 Å². The van der Waals surface area contributed by atoms with Gasteiger partial charge in [-0.05, 0) is 18.6 Å². The SMILES string of the molecule is O=C(CC1=CC=CC1)c1ccccc1Cl. The van der Waals surface area contributed by atoms with E-state index in [9.17, 15) is 4.79 Å². The Labute approximate surface area is 94.1 Å². The minimum absolute atomic E-state index is 0.0931. The zero-order valence-corrected chi connectivity index (χ0v) is 9.00. The Morgan fingerprint density at radius 1 is 1.33 bits per heavy atom. The van der Waals surface area contributed by atoms with Crippen LogP contribution in [0.15, 0.2) is 48.1 Å². The summed E-state index contributed by atoms with van der Waals surface area (Å²) in [4.78, 5) is 11.9. The lowest BCUT2D eigenvalue weighted by Crippen LogP contribution is -2.00. The Kier molecular flexibility index (Phi) is 3.02. The number of hydrogen-bond acceptors (Lipinski definition) is 1. The van der Waals surface area contributed by atoms with Crippen molar-refractivity contribution in [3.05, 3.63) is 58.7 Å². The molecule has 1 aliphatic carbocycles. The monoisotopic (exact) mass is 218 g/mol. The van der Waals surface area contributed by atoms with Crippen LogP contribution >= 0.6 is 11.6 Å². The van der Waals surface area contributed by atoms with Gasteiger partial charge < -0.3 is 0 Å². The first-order valence-corrected chi connectivity index (χ1v) is 5.27. The first-order valence-electron chi connectivity index (χ1n) is 4.89. The quantitative estimate of drug-likeness (QED) is 0.706. The molecular weight excluding hydrogens is 208 g/mol. The van der Waals surface area contributed by atoms with E-state index in [0.29, 0.717) is 17.0 Å². The van der Waals surface area contributed by atoms with Crippen LogP contribution in [-0.4, -0.2) is 5.78 Å². The zero-order chi connectivity index (χ0) is 10.7. The lowest BCUT2D eigenvalue weighted by molar-refractivity contribution is 0.0992. The van der Waals surface area contributed by atoms with Gasteiger partial charge in [0.25, 0.3) is 0 Å². The van der Waals surface area contributed by atoms with E-state index in [0.717, 1.165) is 12.0 Å². The van der Waals surface area contributed by atoms with Crippen molar-refractivity contribution in [1.82, 2.24) is 0 Å². The third-order valence-electron chi connectivity index (χ3n) is 2.41. The van der Waals surface area contributed by atoms with Crippen molar-refractivity contribution in [2.45, 2.75) is 12.8 Å². The average molecular weight is 219 g/mol. The van der Waals surface area contributed by atoms with Crippen LogP contribution in [0.4, 0.5) is 0 Å². The van der Waals surface area contributed by atoms with Crippen LogP contribution in [0.3, 0.4) is 0 Å². The summed E-state index contributed by atoms with van der Waals surface area (Å²) in [5.41, 5.74) is 1.77. The standard InChI is InChI=1S/C13H11ClO/c14-12-8-4-3-7-11(12)13(15)9-10-5-1-2-6-10/h1-5,7-8H,6,9H2. The first-order chi connectivity index (χ1) is 7.27. The summed E-state index contributed by atoms with van der Waals surface area (Å²) in [5.74, 6) is 0.0931. The highest BCUT2D eigenvalue weighted by atomic mass is 35.5. The van der Waals surface area contributed by atoms with Gasteiger partial charge in [-0.1, -0.05) is 47.5 Å². The van der Waals surface area contributed by atoms with Gasteiger partial charge in [0, 0.05) is 12.0 Å². The molecule has 0 N–H and O–H groups in total. The van der Waals surface area contributed by atoms with Crippen molar-refractivity contribution in [3.8, 4) is 0 Å². The summed E-state index contributed by atoms with van der Waals surface area (Å²) in [6, 6.07) is 7.18. The number of allylic oxidation sites excluding steroid dienone is 4. The fourth-order valence-corrected chi connectivity index (χ4v) is 1.85. The van der Waals surface area contributed by atoms with E-state index in [1.54, 1.807) is 12.1 Å². The number of carbonyl (C=O) groups is 1. The molecule has 0 radical (unpaired) electrons. The molecule has 0 saturated heterocycles. The fourth-order valence-electron chi connectivity index (χ4n) is 1.61. The van der Waals surface area contributed by atoms with Crippen LogP contribution in [0, 0.1) is 0 Å². The van der Waals surface area contributed by atoms with Gasteiger partial charge >= 0.3 is 0 Å². The second-order valence-electron chi connectivity index (χ2n) is 3.54. The van der Waals surface area contributed by atoms with Gasteiger partial charge in [0.2, 0.25) is 0 Å². The molecule has 1 nitrogen and oxygen atoms in total. The summed E-state index contributed by atoms with van der Waals surface area (Å²) in [6.45, 7) is 0. The predicted octanol–water partition coefficient (Wildman–Crippen LogP) is 3.80. The van der Waals surface area contributed by atoms with E-state index in [2.05, 4.69) is 6.08 Å². The molecule has 1 aromatic carbocycles. The summed E-state index contributed by atoms with van der Waals surface area (Å²) in [6.07, 6.45) is 7.38.